The lowest BCUT2D eigenvalue weighted by molar-refractivity contribution is 0.150. The Morgan fingerprint density at radius 3 is 2.46 bits per heavy atom. The van der Waals surface area contributed by atoms with Crippen molar-refractivity contribution in [2.45, 2.75) is 38.7 Å². The molecule has 132 valence electrons. The number of sulfonamides is 1. The normalized spacial score (nSPS) is 23.5. The number of hydrogen-bond acceptors (Lipinski definition) is 6. The van der Waals surface area contributed by atoms with Crippen molar-refractivity contribution in [3.63, 3.8) is 0 Å². The number of carbonyl (C=O) groups excluding carboxylic acids is 1. The monoisotopic (exact) mass is 354 g/mol. The quantitative estimate of drug-likeness (QED) is 0.811. The number of aromatic nitrogens is 2. The van der Waals surface area contributed by atoms with Gasteiger partial charge in [-0.05, 0) is 26.7 Å². The molecule has 3 heterocycles. The van der Waals surface area contributed by atoms with Gasteiger partial charge in [-0.2, -0.15) is 0 Å². The maximum absolute atomic E-state index is 11.9. The molecule has 0 N–H and O–H groups in total. The molecule has 0 aromatic carbocycles. The van der Waals surface area contributed by atoms with Crippen LogP contribution in [-0.4, -0.2) is 60.8 Å². The Kier molecular flexibility index (Phi) is 4.48. The summed E-state index contributed by atoms with van der Waals surface area (Å²) in [5.41, 5.74) is 0.785. The van der Waals surface area contributed by atoms with Crippen LogP contribution in [0.3, 0.4) is 0 Å². The molecule has 0 radical (unpaired) electrons. The first-order chi connectivity index (χ1) is 11.2. The summed E-state index contributed by atoms with van der Waals surface area (Å²) >= 11 is 0. The number of aryl methyl sites for hydroxylation is 1. The molecule has 0 saturated carbocycles. The molecule has 0 unspecified atom stereocenters. The molecule has 0 spiro atoms. The molecule has 1 amide bonds. The Labute approximate surface area is 141 Å². The van der Waals surface area contributed by atoms with Crippen molar-refractivity contribution in [2.24, 2.45) is 0 Å². The van der Waals surface area contributed by atoms with E-state index in [0.29, 0.717) is 44.1 Å². The van der Waals surface area contributed by atoms with E-state index in [1.54, 1.807) is 6.07 Å². The zero-order valence-electron chi connectivity index (χ0n) is 14.1. The first-order valence-corrected chi connectivity index (χ1v) is 9.87. The minimum atomic E-state index is -3.15. The summed E-state index contributed by atoms with van der Waals surface area (Å²) in [6.07, 6.45) is 2.04. The summed E-state index contributed by atoms with van der Waals surface area (Å²) in [6, 6.07) is 1.77. The van der Waals surface area contributed by atoms with Gasteiger partial charge in [0.15, 0.2) is 0 Å². The van der Waals surface area contributed by atoms with Gasteiger partial charge in [0.05, 0.1) is 12.8 Å². The largest absolute Gasteiger partial charge is 0.444 e. The second-order valence-corrected chi connectivity index (χ2v) is 8.45. The van der Waals surface area contributed by atoms with E-state index in [1.165, 1.54) is 15.5 Å². The van der Waals surface area contributed by atoms with E-state index >= 15 is 0 Å². The predicted molar refractivity (Wildman–Crippen MR) is 88.4 cm³/mol. The van der Waals surface area contributed by atoms with Crippen LogP contribution in [0.5, 0.6) is 0 Å². The highest BCUT2D eigenvalue weighted by molar-refractivity contribution is 7.88. The van der Waals surface area contributed by atoms with Gasteiger partial charge in [-0.1, -0.05) is 0 Å². The molecular formula is C15H22N4O4S. The first-order valence-electron chi connectivity index (χ1n) is 8.03. The molecule has 0 bridgehead atoms. The van der Waals surface area contributed by atoms with Crippen LogP contribution in [0.15, 0.2) is 6.07 Å². The maximum atomic E-state index is 11.9. The number of hydrogen-bond donors (Lipinski definition) is 0. The molecule has 1 aromatic rings. The molecule has 2 saturated heterocycles. The van der Waals surface area contributed by atoms with Crippen molar-refractivity contribution in [2.75, 3.05) is 30.8 Å². The number of anilines is 1. The van der Waals surface area contributed by atoms with Gasteiger partial charge < -0.3 is 4.74 Å². The highest BCUT2D eigenvalue weighted by atomic mass is 32.2. The lowest BCUT2D eigenvalue weighted by Crippen LogP contribution is -2.37. The van der Waals surface area contributed by atoms with E-state index < -0.39 is 16.1 Å². The Morgan fingerprint density at radius 1 is 1.25 bits per heavy atom. The van der Waals surface area contributed by atoms with Crippen LogP contribution in [0.4, 0.5) is 10.6 Å². The number of ether oxygens (including phenoxy) is 1. The Balaban J connectivity index is 1.79. The molecule has 2 fully saturated rings. The van der Waals surface area contributed by atoms with Crippen LogP contribution in [0.1, 0.15) is 37.2 Å². The Bertz CT molecular complexity index is 744. The van der Waals surface area contributed by atoms with Gasteiger partial charge in [0.2, 0.25) is 10.0 Å². The van der Waals surface area contributed by atoms with Crippen LogP contribution in [0.2, 0.25) is 0 Å². The fraction of sp³-hybridized carbons (Fsp3) is 0.667. The first kappa shape index (κ1) is 17.1. The molecule has 2 aliphatic rings. The van der Waals surface area contributed by atoms with Crippen molar-refractivity contribution in [3.05, 3.63) is 17.6 Å². The molecule has 2 aliphatic heterocycles. The Hall–Kier alpha value is -1.74. The molecule has 9 heteroatoms. The summed E-state index contributed by atoms with van der Waals surface area (Å²) < 4.78 is 29.9. The minimum absolute atomic E-state index is 0.0951. The molecule has 0 aliphatic carbocycles. The average molecular weight is 354 g/mol. The molecule has 3 rings (SSSR count). The van der Waals surface area contributed by atoms with Gasteiger partial charge in [-0.25, -0.2) is 27.5 Å². The van der Waals surface area contributed by atoms with Gasteiger partial charge in [-0.3, -0.25) is 4.90 Å². The summed E-state index contributed by atoms with van der Waals surface area (Å²) in [5.74, 6) is 1.32. The van der Waals surface area contributed by atoms with Crippen molar-refractivity contribution >= 4 is 21.9 Å². The second-order valence-electron chi connectivity index (χ2n) is 6.47. The lowest BCUT2D eigenvalue weighted by Gasteiger charge is -2.29. The van der Waals surface area contributed by atoms with Crippen LogP contribution in [0, 0.1) is 6.92 Å². The van der Waals surface area contributed by atoms with E-state index in [0.717, 1.165) is 5.69 Å². The highest BCUT2D eigenvalue weighted by Gasteiger charge is 2.32. The van der Waals surface area contributed by atoms with E-state index in [1.807, 2.05) is 13.8 Å². The Morgan fingerprint density at radius 2 is 1.92 bits per heavy atom. The molecule has 8 nitrogen and oxygen atoms in total. The number of carbonyl (C=O) groups is 1. The standard InChI is InChI=1S/C15H22N4O4S/c1-10-8-13(19-9-11(2)23-15(19)20)17-14(16-10)12-4-6-18(7-5-12)24(3,21)22/h8,11-12H,4-7,9H2,1-3H3/t11-/m0/s1. The SMILES string of the molecule is Cc1cc(N2C[C@H](C)OC2=O)nc(C2CCN(S(C)(=O)=O)CC2)n1. The third kappa shape index (κ3) is 3.51. The fourth-order valence-electron chi connectivity index (χ4n) is 3.13. The fourth-order valence-corrected chi connectivity index (χ4v) is 4.01. The average Bonchev–Trinajstić information content (AvgIpc) is 2.84. The molecule has 1 aromatic heterocycles. The number of cyclic esters (lactones) is 1. The van der Waals surface area contributed by atoms with Crippen LogP contribution >= 0.6 is 0 Å². The predicted octanol–water partition coefficient (Wildman–Crippen LogP) is 1.27. The summed E-state index contributed by atoms with van der Waals surface area (Å²) in [4.78, 5) is 22.5. The maximum Gasteiger partial charge on any atom is 0.415 e. The molecule has 24 heavy (non-hydrogen) atoms. The summed E-state index contributed by atoms with van der Waals surface area (Å²) in [6.45, 7) is 5.12. The smallest absolute Gasteiger partial charge is 0.415 e. The number of amides is 1. The second kappa shape index (κ2) is 6.29. The van der Waals surface area contributed by atoms with Crippen LogP contribution in [-0.2, 0) is 14.8 Å². The highest BCUT2D eigenvalue weighted by Crippen LogP contribution is 2.29. The van der Waals surface area contributed by atoms with Crippen molar-refractivity contribution in [1.29, 1.82) is 0 Å². The van der Waals surface area contributed by atoms with Gasteiger partial charge in [0, 0.05) is 30.8 Å². The van der Waals surface area contributed by atoms with Crippen molar-refractivity contribution in [3.8, 4) is 0 Å². The van der Waals surface area contributed by atoms with E-state index in [2.05, 4.69) is 9.97 Å². The van der Waals surface area contributed by atoms with E-state index in [4.69, 9.17) is 4.74 Å². The lowest BCUT2D eigenvalue weighted by atomic mass is 9.97. The zero-order chi connectivity index (χ0) is 17.5. The van der Waals surface area contributed by atoms with Crippen molar-refractivity contribution < 1.29 is 17.9 Å². The van der Waals surface area contributed by atoms with Gasteiger partial charge in [0.1, 0.15) is 17.7 Å². The number of rotatable bonds is 3. The molecule has 1 atom stereocenters. The van der Waals surface area contributed by atoms with Crippen LogP contribution < -0.4 is 4.90 Å². The summed E-state index contributed by atoms with van der Waals surface area (Å²) in [7, 11) is -3.15. The number of nitrogens with zero attached hydrogens (tertiary/aromatic N) is 4. The van der Waals surface area contributed by atoms with Gasteiger partial charge >= 0.3 is 6.09 Å². The summed E-state index contributed by atoms with van der Waals surface area (Å²) in [5, 5.41) is 0. The number of piperidine rings is 1. The zero-order valence-corrected chi connectivity index (χ0v) is 14.9. The minimum Gasteiger partial charge on any atom is -0.444 e. The third-order valence-electron chi connectivity index (χ3n) is 4.38. The van der Waals surface area contributed by atoms with Gasteiger partial charge in [-0.15, -0.1) is 0 Å². The third-order valence-corrected chi connectivity index (χ3v) is 5.69. The van der Waals surface area contributed by atoms with Gasteiger partial charge in [0.25, 0.3) is 0 Å². The topological polar surface area (TPSA) is 92.7 Å². The van der Waals surface area contributed by atoms with E-state index in [9.17, 15) is 13.2 Å². The van der Waals surface area contributed by atoms with E-state index in [-0.39, 0.29) is 12.0 Å². The molecular weight excluding hydrogens is 332 g/mol. The van der Waals surface area contributed by atoms with Crippen LogP contribution in [0.25, 0.3) is 0 Å². The van der Waals surface area contributed by atoms with Crippen molar-refractivity contribution in [1.82, 2.24) is 14.3 Å².